The van der Waals surface area contributed by atoms with E-state index in [4.69, 9.17) is 4.74 Å². The summed E-state index contributed by atoms with van der Waals surface area (Å²) in [4.78, 5) is 15.4. The molecule has 202 valence electrons. The SMILES string of the molecule is O=C(N[C@H]1CCC[C@@H]1OCc1ccccc1)C1CCN(Cc2ccn(-c3ccc(C(F)(F)F)cc3)c2)CC1. The molecular formula is C30H34F3N3O2. The largest absolute Gasteiger partial charge is 0.416 e. The first-order valence-electron chi connectivity index (χ1n) is 13.4. The monoisotopic (exact) mass is 525 g/mol. The molecule has 3 aromatic rings. The van der Waals surface area contributed by atoms with Crippen molar-refractivity contribution in [3.05, 3.63) is 89.7 Å². The van der Waals surface area contributed by atoms with Crippen molar-refractivity contribution in [1.82, 2.24) is 14.8 Å². The van der Waals surface area contributed by atoms with E-state index in [2.05, 4.69) is 22.3 Å². The summed E-state index contributed by atoms with van der Waals surface area (Å²) in [5, 5.41) is 3.28. The van der Waals surface area contributed by atoms with Gasteiger partial charge in [0.05, 0.1) is 24.3 Å². The summed E-state index contributed by atoms with van der Waals surface area (Å²) in [6.45, 7) is 2.99. The van der Waals surface area contributed by atoms with Crippen LogP contribution in [0.3, 0.4) is 0 Å². The van der Waals surface area contributed by atoms with Crippen LogP contribution in [0.1, 0.15) is 48.8 Å². The number of ether oxygens (including phenoxy) is 1. The topological polar surface area (TPSA) is 46.5 Å². The standard InChI is InChI=1S/C30H34F3N3O2/c31-30(32,33)25-9-11-26(12-10-25)36-18-13-23(20-36)19-35-16-14-24(15-17-35)29(37)34-27-7-4-8-28(27)38-21-22-5-2-1-3-6-22/h1-3,5-6,9-13,18,20,24,27-28H,4,7-8,14-17,19,21H2,(H,34,37)/t27-,28-/m0/s1. The van der Waals surface area contributed by atoms with Crippen molar-refractivity contribution in [2.45, 2.75) is 63.6 Å². The van der Waals surface area contributed by atoms with Gasteiger partial charge < -0.3 is 14.6 Å². The van der Waals surface area contributed by atoms with Gasteiger partial charge in [-0.2, -0.15) is 13.2 Å². The molecule has 1 aromatic heterocycles. The van der Waals surface area contributed by atoms with Crippen molar-refractivity contribution < 1.29 is 22.7 Å². The number of hydrogen-bond donors (Lipinski definition) is 1. The van der Waals surface area contributed by atoms with Crippen LogP contribution in [0.25, 0.3) is 5.69 Å². The van der Waals surface area contributed by atoms with E-state index >= 15 is 0 Å². The zero-order chi connectivity index (χ0) is 26.5. The van der Waals surface area contributed by atoms with E-state index in [1.165, 1.54) is 12.1 Å². The molecule has 5 rings (SSSR count). The Morgan fingerprint density at radius 1 is 0.921 bits per heavy atom. The van der Waals surface area contributed by atoms with Crippen molar-refractivity contribution in [2.75, 3.05) is 13.1 Å². The third kappa shape index (κ3) is 6.66. The molecule has 5 nitrogen and oxygen atoms in total. The highest BCUT2D eigenvalue weighted by atomic mass is 19.4. The average Bonchev–Trinajstić information content (AvgIpc) is 3.57. The number of aromatic nitrogens is 1. The average molecular weight is 526 g/mol. The van der Waals surface area contributed by atoms with E-state index in [0.29, 0.717) is 12.3 Å². The second-order valence-corrected chi connectivity index (χ2v) is 10.4. The summed E-state index contributed by atoms with van der Waals surface area (Å²) in [5.41, 5.74) is 2.28. The summed E-state index contributed by atoms with van der Waals surface area (Å²) in [6.07, 6.45) is 4.18. The van der Waals surface area contributed by atoms with Gasteiger partial charge in [0.1, 0.15) is 0 Å². The second-order valence-electron chi connectivity index (χ2n) is 10.4. The van der Waals surface area contributed by atoms with Crippen molar-refractivity contribution >= 4 is 5.91 Å². The van der Waals surface area contributed by atoms with Gasteiger partial charge in [0, 0.05) is 30.5 Å². The van der Waals surface area contributed by atoms with Gasteiger partial charge in [0.15, 0.2) is 0 Å². The molecule has 2 atom stereocenters. The van der Waals surface area contributed by atoms with Crippen LogP contribution in [-0.4, -0.2) is 40.6 Å². The summed E-state index contributed by atoms with van der Waals surface area (Å²) >= 11 is 0. The first kappa shape index (κ1) is 26.5. The quantitative estimate of drug-likeness (QED) is 0.395. The zero-order valence-corrected chi connectivity index (χ0v) is 21.4. The predicted octanol–water partition coefficient (Wildman–Crippen LogP) is 5.96. The van der Waals surface area contributed by atoms with Crippen LogP contribution < -0.4 is 5.32 Å². The Labute approximate surface area is 221 Å². The van der Waals surface area contributed by atoms with Crippen LogP contribution in [0, 0.1) is 5.92 Å². The molecule has 2 heterocycles. The molecule has 2 fully saturated rings. The molecule has 0 radical (unpaired) electrons. The van der Waals surface area contributed by atoms with Gasteiger partial charge in [-0.1, -0.05) is 30.3 Å². The zero-order valence-electron chi connectivity index (χ0n) is 21.4. The molecule has 1 aliphatic heterocycles. The minimum absolute atomic E-state index is 0.0124. The second kappa shape index (κ2) is 11.7. The molecule has 1 saturated carbocycles. The van der Waals surface area contributed by atoms with Crippen LogP contribution in [0.2, 0.25) is 0 Å². The number of rotatable bonds is 8. The number of nitrogens with one attached hydrogen (secondary N) is 1. The Morgan fingerprint density at radius 2 is 1.66 bits per heavy atom. The summed E-state index contributed by atoms with van der Waals surface area (Å²) in [6, 6.07) is 17.4. The van der Waals surface area contributed by atoms with Crippen LogP contribution in [0.5, 0.6) is 0 Å². The maximum atomic E-state index is 13.0. The van der Waals surface area contributed by atoms with E-state index in [1.54, 1.807) is 0 Å². The lowest BCUT2D eigenvalue weighted by molar-refractivity contribution is -0.137. The van der Waals surface area contributed by atoms with E-state index in [-0.39, 0.29) is 24.0 Å². The molecule has 8 heteroatoms. The Balaban J connectivity index is 1.07. The number of piperidine rings is 1. The third-order valence-electron chi connectivity index (χ3n) is 7.70. The molecule has 38 heavy (non-hydrogen) atoms. The highest BCUT2D eigenvalue weighted by Crippen LogP contribution is 2.30. The lowest BCUT2D eigenvalue weighted by Crippen LogP contribution is -2.46. The number of nitrogens with zero attached hydrogens (tertiary/aromatic N) is 2. The maximum Gasteiger partial charge on any atom is 0.416 e. The predicted molar refractivity (Wildman–Crippen MR) is 140 cm³/mol. The molecule has 1 aliphatic carbocycles. The van der Waals surface area contributed by atoms with Crippen LogP contribution in [0.4, 0.5) is 13.2 Å². The summed E-state index contributed by atoms with van der Waals surface area (Å²) in [5.74, 6) is 0.150. The molecule has 1 N–H and O–H groups in total. The first-order chi connectivity index (χ1) is 18.3. The van der Waals surface area contributed by atoms with Gasteiger partial charge >= 0.3 is 6.18 Å². The van der Waals surface area contributed by atoms with E-state index in [0.717, 1.165) is 75.0 Å². The first-order valence-corrected chi connectivity index (χ1v) is 13.4. The van der Waals surface area contributed by atoms with Crippen molar-refractivity contribution in [2.24, 2.45) is 5.92 Å². The normalized spacial score (nSPS) is 21.0. The number of carbonyl (C=O) groups excluding carboxylic acids is 1. The van der Waals surface area contributed by atoms with Gasteiger partial charge in [-0.25, -0.2) is 0 Å². The van der Waals surface area contributed by atoms with E-state index in [9.17, 15) is 18.0 Å². The Kier molecular flexibility index (Phi) is 8.19. The van der Waals surface area contributed by atoms with Gasteiger partial charge in [-0.3, -0.25) is 9.69 Å². The van der Waals surface area contributed by atoms with Crippen molar-refractivity contribution in [3.63, 3.8) is 0 Å². The van der Waals surface area contributed by atoms with Crippen LogP contribution >= 0.6 is 0 Å². The molecule has 2 aliphatic rings. The molecule has 1 amide bonds. The molecule has 1 saturated heterocycles. The van der Waals surface area contributed by atoms with Crippen molar-refractivity contribution in [3.8, 4) is 5.69 Å². The number of amides is 1. The fourth-order valence-electron chi connectivity index (χ4n) is 5.50. The van der Waals surface area contributed by atoms with Crippen LogP contribution in [0.15, 0.2) is 73.1 Å². The fourth-order valence-corrected chi connectivity index (χ4v) is 5.50. The Morgan fingerprint density at radius 3 is 2.37 bits per heavy atom. The highest BCUT2D eigenvalue weighted by molar-refractivity contribution is 5.79. The number of likely N-dealkylation sites (tertiary alicyclic amines) is 1. The molecule has 2 aromatic carbocycles. The number of carbonyl (C=O) groups is 1. The lowest BCUT2D eigenvalue weighted by atomic mass is 9.95. The molecule has 0 spiro atoms. The minimum atomic E-state index is -4.33. The minimum Gasteiger partial charge on any atom is -0.371 e. The van der Waals surface area contributed by atoms with Gasteiger partial charge in [-0.05, 0) is 86.7 Å². The smallest absolute Gasteiger partial charge is 0.371 e. The summed E-state index contributed by atoms with van der Waals surface area (Å²) in [7, 11) is 0. The number of alkyl halides is 3. The molecule has 0 unspecified atom stereocenters. The van der Waals surface area contributed by atoms with Gasteiger partial charge in [0.2, 0.25) is 5.91 Å². The maximum absolute atomic E-state index is 13.0. The molecule has 0 bridgehead atoms. The third-order valence-corrected chi connectivity index (χ3v) is 7.70. The number of halogens is 3. The van der Waals surface area contributed by atoms with E-state index < -0.39 is 11.7 Å². The highest BCUT2D eigenvalue weighted by Gasteiger charge is 2.33. The molecular weight excluding hydrogens is 491 g/mol. The Bertz CT molecular complexity index is 1190. The van der Waals surface area contributed by atoms with Crippen LogP contribution in [-0.2, 0) is 28.9 Å². The van der Waals surface area contributed by atoms with Gasteiger partial charge in [-0.15, -0.1) is 0 Å². The van der Waals surface area contributed by atoms with Crippen molar-refractivity contribution in [1.29, 1.82) is 0 Å². The fraction of sp³-hybridized carbons (Fsp3) is 0.433. The Hall–Kier alpha value is -3.10. The van der Waals surface area contributed by atoms with E-state index in [1.807, 2.05) is 41.2 Å². The summed E-state index contributed by atoms with van der Waals surface area (Å²) < 4.78 is 46.5. The van der Waals surface area contributed by atoms with Gasteiger partial charge in [0.25, 0.3) is 0 Å². The number of hydrogen-bond acceptors (Lipinski definition) is 3. The lowest BCUT2D eigenvalue weighted by Gasteiger charge is -2.32. The number of benzene rings is 2.